The Morgan fingerprint density at radius 2 is 1.27 bits per heavy atom. The Kier molecular flexibility index (Phi) is 3.32. The van der Waals surface area contributed by atoms with Gasteiger partial charge in [0.15, 0.2) is 0 Å². The second-order valence-corrected chi connectivity index (χ2v) is 6.60. The Morgan fingerprint density at radius 3 is 2.12 bits per heavy atom. The van der Waals surface area contributed by atoms with Crippen LogP contribution >= 0.6 is 0 Å². The van der Waals surface area contributed by atoms with E-state index in [4.69, 9.17) is 0 Å². The zero-order valence-electron chi connectivity index (χ0n) is 14.1. The van der Waals surface area contributed by atoms with Crippen molar-refractivity contribution in [2.75, 3.05) is 0 Å². The number of hydrogen-bond donors (Lipinski definition) is 0. The van der Waals surface area contributed by atoms with Crippen LogP contribution in [0, 0.1) is 0 Å². The lowest BCUT2D eigenvalue weighted by Crippen LogP contribution is -1.87. The molecule has 0 saturated carbocycles. The summed E-state index contributed by atoms with van der Waals surface area (Å²) in [5, 5.41) is 7.45. The molecule has 1 nitrogen and oxygen atoms in total. The average molecular weight is 332 g/mol. The topological polar surface area (TPSA) is 17.1 Å². The van der Waals surface area contributed by atoms with Crippen LogP contribution in [0.1, 0.15) is 10.4 Å². The summed E-state index contributed by atoms with van der Waals surface area (Å²) < 4.78 is 0. The van der Waals surface area contributed by atoms with Gasteiger partial charge in [-0.1, -0.05) is 84.9 Å². The molecular weight excluding hydrogens is 316 g/mol. The quantitative estimate of drug-likeness (QED) is 0.262. The number of aldehydes is 1. The molecule has 5 aromatic rings. The van der Waals surface area contributed by atoms with Gasteiger partial charge in [0.05, 0.1) is 0 Å². The summed E-state index contributed by atoms with van der Waals surface area (Å²) in [6.45, 7) is 0. The Morgan fingerprint density at radius 1 is 0.577 bits per heavy atom. The molecule has 0 bridgehead atoms. The summed E-state index contributed by atoms with van der Waals surface area (Å²) in [7, 11) is 0. The molecule has 0 saturated heterocycles. The molecule has 0 fully saturated rings. The van der Waals surface area contributed by atoms with Gasteiger partial charge in [-0.15, -0.1) is 0 Å². The lowest BCUT2D eigenvalue weighted by atomic mass is 9.91. The van der Waals surface area contributed by atoms with E-state index < -0.39 is 0 Å². The van der Waals surface area contributed by atoms with Gasteiger partial charge in [-0.25, -0.2) is 0 Å². The molecule has 122 valence electrons. The minimum Gasteiger partial charge on any atom is -0.298 e. The van der Waals surface area contributed by atoms with Crippen molar-refractivity contribution in [1.82, 2.24) is 0 Å². The standard InChI is InChI=1S/C25H16O/c26-16-17-5-3-8-21(15-17)23-10-4-7-19-13-14-20-12-11-18-6-1-2-9-22(18)25(20)24(19)23/h1-16H. The van der Waals surface area contributed by atoms with Crippen LogP contribution in [0.5, 0.6) is 0 Å². The minimum absolute atomic E-state index is 0.699. The van der Waals surface area contributed by atoms with Crippen LogP contribution in [0.25, 0.3) is 43.4 Å². The molecule has 0 heterocycles. The third-order valence-electron chi connectivity index (χ3n) is 5.08. The zero-order chi connectivity index (χ0) is 17.5. The highest BCUT2D eigenvalue weighted by molar-refractivity contribution is 6.23. The number of rotatable bonds is 2. The van der Waals surface area contributed by atoms with Gasteiger partial charge in [-0.2, -0.15) is 0 Å². The van der Waals surface area contributed by atoms with Crippen molar-refractivity contribution < 1.29 is 4.79 Å². The van der Waals surface area contributed by atoms with Gasteiger partial charge in [0.1, 0.15) is 6.29 Å². The maximum absolute atomic E-state index is 11.2. The van der Waals surface area contributed by atoms with E-state index in [0.717, 1.165) is 17.4 Å². The van der Waals surface area contributed by atoms with Crippen LogP contribution < -0.4 is 0 Å². The van der Waals surface area contributed by atoms with Crippen LogP contribution in [0.3, 0.4) is 0 Å². The molecule has 0 amide bonds. The monoisotopic (exact) mass is 332 g/mol. The van der Waals surface area contributed by atoms with E-state index in [9.17, 15) is 4.79 Å². The van der Waals surface area contributed by atoms with Crippen molar-refractivity contribution in [3.8, 4) is 11.1 Å². The highest BCUT2D eigenvalue weighted by Crippen LogP contribution is 2.38. The first-order valence-corrected chi connectivity index (χ1v) is 8.74. The summed E-state index contributed by atoms with van der Waals surface area (Å²) in [5.74, 6) is 0. The molecule has 5 aromatic carbocycles. The third kappa shape index (κ3) is 2.21. The Hall–Kier alpha value is -3.45. The summed E-state index contributed by atoms with van der Waals surface area (Å²) in [5.41, 5.74) is 2.93. The molecular formula is C25H16O. The van der Waals surface area contributed by atoms with Crippen molar-refractivity contribution in [3.63, 3.8) is 0 Å². The van der Waals surface area contributed by atoms with Crippen molar-refractivity contribution in [2.24, 2.45) is 0 Å². The van der Waals surface area contributed by atoms with Crippen molar-refractivity contribution in [1.29, 1.82) is 0 Å². The molecule has 0 spiro atoms. The van der Waals surface area contributed by atoms with Gasteiger partial charge in [-0.05, 0) is 49.5 Å². The van der Waals surface area contributed by atoms with Crippen molar-refractivity contribution in [3.05, 3.63) is 96.6 Å². The largest absolute Gasteiger partial charge is 0.298 e. The van der Waals surface area contributed by atoms with E-state index in [1.54, 1.807) is 0 Å². The van der Waals surface area contributed by atoms with E-state index in [1.165, 1.54) is 32.3 Å². The van der Waals surface area contributed by atoms with Crippen molar-refractivity contribution >= 4 is 38.6 Å². The molecule has 0 atom stereocenters. The van der Waals surface area contributed by atoms with E-state index >= 15 is 0 Å². The van der Waals surface area contributed by atoms with E-state index in [-0.39, 0.29) is 0 Å². The first kappa shape index (κ1) is 14.9. The number of carbonyl (C=O) groups is 1. The Labute approximate surface area is 151 Å². The van der Waals surface area contributed by atoms with Gasteiger partial charge in [-0.3, -0.25) is 4.79 Å². The van der Waals surface area contributed by atoms with Crippen molar-refractivity contribution in [2.45, 2.75) is 0 Å². The predicted molar refractivity (Wildman–Crippen MR) is 110 cm³/mol. The normalized spacial score (nSPS) is 11.2. The fourth-order valence-electron chi connectivity index (χ4n) is 3.89. The third-order valence-corrected chi connectivity index (χ3v) is 5.08. The highest BCUT2D eigenvalue weighted by Gasteiger charge is 2.10. The van der Waals surface area contributed by atoms with Gasteiger partial charge < -0.3 is 0 Å². The molecule has 0 radical (unpaired) electrons. The smallest absolute Gasteiger partial charge is 0.150 e. The van der Waals surface area contributed by atoms with E-state index in [2.05, 4.69) is 72.8 Å². The molecule has 0 aliphatic heterocycles. The summed E-state index contributed by atoms with van der Waals surface area (Å²) in [4.78, 5) is 11.2. The lowest BCUT2D eigenvalue weighted by Gasteiger charge is -2.13. The molecule has 0 aliphatic carbocycles. The van der Waals surface area contributed by atoms with E-state index in [0.29, 0.717) is 5.56 Å². The summed E-state index contributed by atoms with van der Waals surface area (Å²) in [6, 6.07) is 31.5. The fourth-order valence-corrected chi connectivity index (χ4v) is 3.89. The van der Waals surface area contributed by atoms with Crippen LogP contribution in [0.15, 0.2) is 91.0 Å². The van der Waals surface area contributed by atoms with Crippen LogP contribution in [0.2, 0.25) is 0 Å². The van der Waals surface area contributed by atoms with Gasteiger partial charge in [0.2, 0.25) is 0 Å². The highest BCUT2D eigenvalue weighted by atomic mass is 16.1. The zero-order valence-corrected chi connectivity index (χ0v) is 14.1. The molecule has 26 heavy (non-hydrogen) atoms. The number of carbonyl (C=O) groups excluding carboxylic acids is 1. The molecule has 1 heteroatoms. The fraction of sp³-hybridized carbons (Fsp3) is 0. The maximum Gasteiger partial charge on any atom is 0.150 e. The molecule has 5 rings (SSSR count). The summed E-state index contributed by atoms with van der Waals surface area (Å²) in [6.07, 6.45) is 0.905. The van der Waals surface area contributed by atoms with Crippen LogP contribution in [-0.4, -0.2) is 6.29 Å². The molecule has 0 N–H and O–H groups in total. The number of fused-ring (bicyclic) bond motifs is 5. The molecule has 0 aliphatic rings. The van der Waals surface area contributed by atoms with E-state index in [1.807, 2.05) is 18.2 Å². The van der Waals surface area contributed by atoms with Gasteiger partial charge in [0, 0.05) is 5.56 Å². The second-order valence-electron chi connectivity index (χ2n) is 6.60. The van der Waals surface area contributed by atoms with Gasteiger partial charge >= 0.3 is 0 Å². The molecule has 0 unspecified atom stereocenters. The molecule has 0 aromatic heterocycles. The number of hydrogen-bond acceptors (Lipinski definition) is 1. The van der Waals surface area contributed by atoms with Gasteiger partial charge in [0.25, 0.3) is 0 Å². The Balaban J connectivity index is 2.00. The predicted octanol–water partition coefficient (Wildman–Crippen LogP) is 6.63. The summed E-state index contributed by atoms with van der Waals surface area (Å²) >= 11 is 0. The first-order valence-electron chi connectivity index (χ1n) is 8.74. The van der Waals surface area contributed by atoms with Crippen LogP contribution in [0.4, 0.5) is 0 Å². The average Bonchev–Trinajstić information content (AvgIpc) is 2.72. The number of benzene rings is 5. The second kappa shape index (κ2) is 5.82. The first-order chi connectivity index (χ1) is 12.8. The van der Waals surface area contributed by atoms with Crippen LogP contribution in [-0.2, 0) is 0 Å². The SMILES string of the molecule is O=Cc1cccc(-c2cccc3ccc4ccc5ccccc5c4c23)c1. The minimum atomic E-state index is 0.699. The Bertz CT molecular complexity index is 1290. The lowest BCUT2D eigenvalue weighted by molar-refractivity contribution is 0.112. The maximum atomic E-state index is 11.2.